The van der Waals surface area contributed by atoms with Gasteiger partial charge in [-0.25, -0.2) is 4.99 Å². The van der Waals surface area contributed by atoms with Crippen LogP contribution in [0.25, 0.3) is 11.8 Å². The van der Waals surface area contributed by atoms with E-state index in [0.717, 1.165) is 35.2 Å². The minimum atomic E-state index is -0.204. The molecule has 1 N–H and O–H groups in total. The molecular formula is C29H23BrN2O3S. The van der Waals surface area contributed by atoms with E-state index >= 15 is 0 Å². The van der Waals surface area contributed by atoms with E-state index in [1.54, 1.807) is 12.1 Å². The fourth-order valence-corrected chi connectivity index (χ4v) is 6.48. The van der Waals surface area contributed by atoms with Gasteiger partial charge in [0.05, 0.1) is 23.4 Å². The minimum Gasteiger partial charge on any atom is -0.504 e. The highest BCUT2D eigenvalue weighted by Crippen LogP contribution is 2.41. The van der Waals surface area contributed by atoms with Crippen LogP contribution in [0.3, 0.4) is 0 Å². The number of aromatic nitrogens is 1. The van der Waals surface area contributed by atoms with E-state index in [-0.39, 0.29) is 17.4 Å². The van der Waals surface area contributed by atoms with Gasteiger partial charge in [-0.3, -0.25) is 9.36 Å². The second-order valence-corrected chi connectivity index (χ2v) is 10.9. The largest absolute Gasteiger partial charge is 0.504 e. The number of methoxy groups -OCH3 is 1. The summed E-state index contributed by atoms with van der Waals surface area (Å²) in [6.07, 6.45) is 3.62. The van der Waals surface area contributed by atoms with Crippen LogP contribution in [0.15, 0.2) is 80.5 Å². The molecule has 1 aliphatic carbocycles. The summed E-state index contributed by atoms with van der Waals surface area (Å²) >= 11 is 4.89. The fourth-order valence-electron chi connectivity index (χ4n) is 5.05. The molecule has 5 nitrogen and oxygen atoms in total. The average Bonchev–Trinajstić information content (AvgIpc) is 3.19. The maximum Gasteiger partial charge on any atom is 0.271 e. The van der Waals surface area contributed by atoms with Gasteiger partial charge in [0.1, 0.15) is 0 Å². The molecule has 1 atom stereocenters. The third-order valence-corrected chi connectivity index (χ3v) is 8.52. The first kappa shape index (κ1) is 23.0. The molecule has 0 saturated heterocycles. The van der Waals surface area contributed by atoms with E-state index < -0.39 is 0 Å². The molecule has 4 aromatic rings. The Bertz CT molecular complexity index is 1730. The molecule has 0 bridgehead atoms. The van der Waals surface area contributed by atoms with Crippen LogP contribution in [-0.4, -0.2) is 16.8 Å². The highest BCUT2D eigenvalue weighted by atomic mass is 79.9. The van der Waals surface area contributed by atoms with Gasteiger partial charge < -0.3 is 9.84 Å². The molecule has 0 spiro atoms. The van der Waals surface area contributed by atoms with Gasteiger partial charge in [0.25, 0.3) is 5.56 Å². The van der Waals surface area contributed by atoms with Gasteiger partial charge in [0, 0.05) is 10.0 Å². The first-order valence-electron chi connectivity index (χ1n) is 11.7. The van der Waals surface area contributed by atoms with Gasteiger partial charge >= 0.3 is 0 Å². The van der Waals surface area contributed by atoms with Crippen molar-refractivity contribution in [3.05, 3.63) is 118 Å². The Morgan fingerprint density at radius 3 is 2.69 bits per heavy atom. The van der Waals surface area contributed by atoms with Crippen molar-refractivity contribution in [3.63, 3.8) is 0 Å². The van der Waals surface area contributed by atoms with Crippen molar-refractivity contribution in [3.8, 4) is 11.5 Å². The van der Waals surface area contributed by atoms with Crippen LogP contribution in [0.5, 0.6) is 11.5 Å². The lowest BCUT2D eigenvalue weighted by Crippen LogP contribution is -2.38. The van der Waals surface area contributed by atoms with Gasteiger partial charge in [-0.2, -0.15) is 0 Å². The van der Waals surface area contributed by atoms with E-state index in [1.807, 2.05) is 10.6 Å². The molecule has 36 heavy (non-hydrogen) atoms. The lowest BCUT2D eigenvalue weighted by molar-refractivity contribution is 0.373. The maximum atomic E-state index is 13.9. The summed E-state index contributed by atoms with van der Waals surface area (Å²) in [6, 6.07) is 20.0. The van der Waals surface area contributed by atoms with E-state index in [1.165, 1.54) is 35.1 Å². The Morgan fingerprint density at radius 1 is 1.14 bits per heavy atom. The van der Waals surface area contributed by atoms with Crippen molar-refractivity contribution >= 4 is 39.0 Å². The molecule has 2 aliphatic rings. The van der Waals surface area contributed by atoms with Crippen molar-refractivity contribution < 1.29 is 9.84 Å². The van der Waals surface area contributed by atoms with Crippen LogP contribution >= 0.6 is 27.3 Å². The molecule has 7 heteroatoms. The van der Waals surface area contributed by atoms with Gasteiger partial charge in [-0.15, -0.1) is 0 Å². The monoisotopic (exact) mass is 558 g/mol. The molecule has 6 rings (SSSR count). The Hall–Kier alpha value is -3.42. The number of phenols is 1. The zero-order valence-electron chi connectivity index (χ0n) is 19.8. The number of hydrogen-bond acceptors (Lipinski definition) is 5. The third-order valence-electron chi connectivity index (χ3n) is 6.85. The number of phenolic OH excluding ortho intramolecular Hbond substituents is 1. The van der Waals surface area contributed by atoms with Crippen molar-refractivity contribution in [1.29, 1.82) is 0 Å². The standard InChI is InChI=1S/C29H23BrN2O3S/c1-16-7-9-18(10-8-16)27-21-12-11-17-5-3-4-6-20(17)26(21)31-29-32(27)28(34)25(36-29)14-19-13-24(35-2)23(33)15-22(19)30/h3-10,13-15,27,33H,11-12H2,1-2H3. The Morgan fingerprint density at radius 2 is 1.92 bits per heavy atom. The number of thiazole rings is 1. The van der Waals surface area contributed by atoms with E-state index in [2.05, 4.69) is 71.4 Å². The topological polar surface area (TPSA) is 63.8 Å². The average molecular weight is 559 g/mol. The smallest absolute Gasteiger partial charge is 0.271 e. The molecule has 1 unspecified atom stereocenters. The van der Waals surface area contributed by atoms with Crippen LogP contribution in [0.1, 0.15) is 40.3 Å². The third kappa shape index (κ3) is 3.74. The number of aryl methyl sites for hydroxylation is 2. The van der Waals surface area contributed by atoms with E-state index in [9.17, 15) is 9.90 Å². The number of fused-ring (bicyclic) bond motifs is 3. The second-order valence-electron chi connectivity index (χ2n) is 9.07. The highest BCUT2D eigenvalue weighted by molar-refractivity contribution is 9.10. The van der Waals surface area contributed by atoms with E-state index in [0.29, 0.717) is 19.6 Å². The van der Waals surface area contributed by atoms with E-state index in [4.69, 9.17) is 9.73 Å². The lowest BCUT2D eigenvalue weighted by Gasteiger charge is -2.30. The molecule has 1 aliphatic heterocycles. The van der Waals surface area contributed by atoms with Gasteiger partial charge in [0.15, 0.2) is 16.3 Å². The number of nitrogens with zero attached hydrogens (tertiary/aromatic N) is 2. The maximum absolute atomic E-state index is 13.9. The minimum absolute atomic E-state index is 0.0358. The molecular weight excluding hydrogens is 536 g/mol. The van der Waals surface area contributed by atoms with Crippen molar-refractivity contribution in [2.24, 2.45) is 4.99 Å². The number of benzene rings is 3. The lowest BCUT2D eigenvalue weighted by atomic mass is 9.83. The molecule has 0 saturated carbocycles. The quantitative estimate of drug-likeness (QED) is 0.380. The predicted molar refractivity (Wildman–Crippen MR) is 146 cm³/mol. The van der Waals surface area contributed by atoms with Crippen molar-refractivity contribution in [2.45, 2.75) is 25.8 Å². The van der Waals surface area contributed by atoms with Crippen LogP contribution in [0, 0.1) is 6.92 Å². The zero-order chi connectivity index (χ0) is 25.0. The normalized spacial score (nSPS) is 16.8. The molecule has 0 radical (unpaired) electrons. The number of rotatable bonds is 3. The van der Waals surface area contributed by atoms with Crippen molar-refractivity contribution in [1.82, 2.24) is 4.57 Å². The summed E-state index contributed by atoms with van der Waals surface area (Å²) in [6.45, 7) is 2.07. The summed E-state index contributed by atoms with van der Waals surface area (Å²) in [5.41, 5.74) is 7.56. The van der Waals surface area contributed by atoms with Gasteiger partial charge in [0.2, 0.25) is 0 Å². The summed E-state index contributed by atoms with van der Waals surface area (Å²) < 4.78 is 8.37. The van der Waals surface area contributed by atoms with Crippen LogP contribution in [-0.2, 0) is 6.42 Å². The summed E-state index contributed by atoms with van der Waals surface area (Å²) in [7, 11) is 1.50. The van der Waals surface area contributed by atoms with Gasteiger partial charge in [-0.1, -0.05) is 81.4 Å². The summed E-state index contributed by atoms with van der Waals surface area (Å²) in [5.74, 6) is 0.385. The Kier molecular flexibility index (Phi) is 5.69. The second kappa shape index (κ2) is 8.91. The van der Waals surface area contributed by atoms with Crippen LogP contribution in [0.2, 0.25) is 0 Å². The number of halogens is 1. The van der Waals surface area contributed by atoms with Crippen LogP contribution in [0.4, 0.5) is 0 Å². The molecule has 3 aromatic carbocycles. The molecule has 0 amide bonds. The highest BCUT2D eigenvalue weighted by Gasteiger charge is 2.32. The molecule has 1 aromatic heterocycles. The zero-order valence-corrected chi connectivity index (χ0v) is 22.2. The Labute approximate surface area is 220 Å². The first-order valence-corrected chi connectivity index (χ1v) is 13.3. The van der Waals surface area contributed by atoms with Crippen molar-refractivity contribution in [2.75, 3.05) is 7.11 Å². The number of allylic oxidation sites excluding steroid dienone is 1. The van der Waals surface area contributed by atoms with Gasteiger partial charge in [-0.05, 0) is 60.2 Å². The SMILES string of the molecule is COc1cc(C=c2sc3n(c2=O)C(c2ccc(C)cc2)C2=C(N=3)c3ccccc3CC2)c(Br)cc1O. The molecule has 0 fully saturated rings. The molecule has 2 heterocycles. The summed E-state index contributed by atoms with van der Waals surface area (Å²) in [4.78, 5) is 19.6. The fraction of sp³-hybridized carbons (Fsp3) is 0.172. The number of aromatic hydroxyl groups is 1. The predicted octanol–water partition coefficient (Wildman–Crippen LogP) is 5.10. The number of hydrogen-bond donors (Lipinski definition) is 1. The number of ether oxygens (including phenoxy) is 1. The Balaban J connectivity index is 1.61. The van der Waals surface area contributed by atoms with Crippen LogP contribution < -0.4 is 19.6 Å². The molecule has 180 valence electrons. The summed E-state index contributed by atoms with van der Waals surface area (Å²) in [5, 5.41) is 10.1. The first-order chi connectivity index (χ1) is 17.4.